The van der Waals surface area contributed by atoms with E-state index in [1.54, 1.807) is 28.4 Å². The van der Waals surface area contributed by atoms with Gasteiger partial charge in [-0.25, -0.2) is 19.6 Å². The fourth-order valence-electron chi connectivity index (χ4n) is 8.26. The van der Waals surface area contributed by atoms with Crippen LogP contribution >= 0.6 is 0 Å². The van der Waals surface area contributed by atoms with Crippen LogP contribution in [-0.2, 0) is 20.4 Å². The predicted octanol–water partition coefficient (Wildman–Crippen LogP) is 2.78. The van der Waals surface area contributed by atoms with Crippen molar-refractivity contribution in [2.24, 2.45) is 0 Å². The minimum Gasteiger partial charge on any atom is -0.479 e. The maximum atomic E-state index is 14.2. The SMILES string of the molecule is O=C(O)C1N2CCN(CC2)N1C(=O)NC(=O)C1(c2cccnc2)CCN(CCC2(c3ccccc3)CCN(C(=O)c3ccccc3)C2)CC1. The average molecular weight is 666 g/mol. The number of carbonyl (C=O) groups excluding carboxylic acids is 3. The van der Waals surface area contributed by atoms with Crippen LogP contribution in [0, 0.1) is 0 Å². The van der Waals surface area contributed by atoms with Crippen LogP contribution in [0.2, 0.25) is 0 Å². The van der Waals surface area contributed by atoms with Crippen molar-refractivity contribution in [2.75, 3.05) is 58.9 Å². The number of aliphatic carboxylic acids is 1. The maximum Gasteiger partial charge on any atom is 0.343 e. The monoisotopic (exact) mass is 665 g/mol. The van der Waals surface area contributed by atoms with Crippen molar-refractivity contribution in [3.63, 3.8) is 0 Å². The molecule has 5 aliphatic heterocycles. The summed E-state index contributed by atoms with van der Waals surface area (Å²) in [5, 5.41) is 15.4. The van der Waals surface area contributed by atoms with E-state index in [1.165, 1.54) is 10.6 Å². The maximum absolute atomic E-state index is 14.2. The second kappa shape index (κ2) is 13.7. The Balaban J connectivity index is 1.05. The molecule has 3 aromatic rings. The second-order valence-corrected chi connectivity index (χ2v) is 13.7. The minimum atomic E-state index is -1.14. The molecule has 49 heavy (non-hydrogen) atoms. The Kier molecular flexibility index (Phi) is 9.19. The van der Waals surface area contributed by atoms with Gasteiger partial charge in [0.2, 0.25) is 12.1 Å². The number of urea groups is 1. The first-order valence-electron chi connectivity index (χ1n) is 17.2. The van der Waals surface area contributed by atoms with Gasteiger partial charge in [0, 0.05) is 62.6 Å². The standard InChI is InChI=1S/C37H43N7O5/c45-32(28-8-3-1-4-9-28)42-21-14-36(27-42,29-10-5-2-6-11-29)13-18-40-19-15-37(16-20-40,30-12-7-17-38-26-30)34(48)39-35(49)44-31(33(46)47)41-22-24-43(44)25-23-41/h1-12,17,26,31H,13-16,18-25,27H2,(H,46,47)(H,39,48,49). The predicted molar refractivity (Wildman–Crippen MR) is 181 cm³/mol. The average Bonchev–Trinajstić information content (AvgIpc) is 3.60. The molecule has 5 saturated heterocycles. The number of piperazine rings is 1. The minimum absolute atomic E-state index is 0.0548. The van der Waals surface area contributed by atoms with E-state index in [0.717, 1.165) is 24.9 Å². The lowest BCUT2D eigenvalue weighted by atomic mass is 9.72. The number of rotatable bonds is 8. The number of hydrogen-bond acceptors (Lipinski definition) is 8. The van der Waals surface area contributed by atoms with E-state index in [9.17, 15) is 24.3 Å². The molecule has 2 atom stereocenters. The van der Waals surface area contributed by atoms with Gasteiger partial charge in [0.25, 0.3) is 5.91 Å². The van der Waals surface area contributed by atoms with Crippen molar-refractivity contribution >= 4 is 23.8 Å². The van der Waals surface area contributed by atoms with Crippen molar-refractivity contribution in [1.82, 2.24) is 35.0 Å². The summed E-state index contributed by atoms with van der Waals surface area (Å²) in [6.07, 6.45) is 4.90. The summed E-state index contributed by atoms with van der Waals surface area (Å²) in [5.74, 6) is -1.50. The van der Waals surface area contributed by atoms with Crippen LogP contribution < -0.4 is 5.32 Å². The smallest absolute Gasteiger partial charge is 0.343 e. The molecule has 6 heterocycles. The molecule has 2 aromatic carbocycles. The van der Waals surface area contributed by atoms with Crippen LogP contribution in [0.15, 0.2) is 85.2 Å². The quantitative estimate of drug-likeness (QED) is 0.373. The van der Waals surface area contributed by atoms with E-state index in [1.807, 2.05) is 47.4 Å². The molecule has 2 bridgehead atoms. The summed E-state index contributed by atoms with van der Waals surface area (Å²) in [5.41, 5.74) is 1.49. The van der Waals surface area contributed by atoms with Crippen LogP contribution in [0.25, 0.3) is 0 Å². The van der Waals surface area contributed by atoms with Crippen LogP contribution in [-0.4, -0.2) is 124 Å². The number of imide groups is 1. The number of nitrogens with one attached hydrogen (secondary N) is 1. The molecular formula is C37H43N7O5. The number of carboxylic acid groups (broad SMARTS) is 1. The molecule has 0 spiro atoms. The van der Waals surface area contributed by atoms with Gasteiger partial charge >= 0.3 is 12.0 Å². The number of carboxylic acids is 1. The van der Waals surface area contributed by atoms with Gasteiger partial charge in [-0.15, -0.1) is 0 Å². The number of piperidine rings is 1. The number of pyridine rings is 1. The van der Waals surface area contributed by atoms with Crippen molar-refractivity contribution in [3.05, 3.63) is 102 Å². The molecule has 12 heteroatoms. The zero-order chi connectivity index (χ0) is 34.0. The number of benzene rings is 2. The van der Waals surface area contributed by atoms with Crippen LogP contribution in [0.4, 0.5) is 4.79 Å². The number of likely N-dealkylation sites (tertiary alicyclic amines) is 2. The first kappa shape index (κ1) is 32.9. The Hall–Kier alpha value is -4.65. The molecular weight excluding hydrogens is 622 g/mol. The largest absolute Gasteiger partial charge is 0.479 e. The molecule has 2 N–H and O–H groups in total. The lowest BCUT2D eigenvalue weighted by molar-refractivity contribution is -0.190. The summed E-state index contributed by atoms with van der Waals surface area (Å²) >= 11 is 0. The van der Waals surface area contributed by atoms with Crippen molar-refractivity contribution < 1.29 is 24.3 Å². The van der Waals surface area contributed by atoms with Gasteiger partial charge in [-0.1, -0.05) is 54.6 Å². The highest BCUT2D eigenvalue weighted by atomic mass is 16.4. The highest BCUT2D eigenvalue weighted by molar-refractivity contribution is 6.01. The zero-order valence-electron chi connectivity index (χ0n) is 27.6. The van der Waals surface area contributed by atoms with Gasteiger partial charge in [0.1, 0.15) is 0 Å². The number of hydrazine groups is 1. The summed E-state index contributed by atoms with van der Waals surface area (Å²) in [4.78, 5) is 63.7. The molecule has 256 valence electrons. The summed E-state index contributed by atoms with van der Waals surface area (Å²) in [6.45, 7) is 5.55. The lowest BCUT2D eigenvalue weighted by Gasteiger charge is -2.52. The van der Waals surface area contributed by atoms with Crippen molar-refractivity contribution in [1.29, 1.82) is 0 Å². The molecule has 5 aliphatic rings. The topological polar surface area (TPSA) is 130 Å². The number of hydrogen-bond donors (Lipinski definition) is 2. The molecule has 12 nitrogen and oxygen atoms in total. The summed E-state index contributed by atoms with van der Waals surface area (Å²) in [7, 11) is 0. The first-order valence-corrected chi connectivity index (χ1v) is 17.2. The molecule has 0 radical (unpaired) electrons. The molecule has 4 amide bonds. The Morgan fingerprint density at radius 3 is 2.12 bits per heavy atom. The third-order valence-corrected chi connectivity index (χ3v) is 11.1. The summed E-state index contributed by atoms with van der Waals surface area (Å²) in [6, 6.07) is 22.9. The molecule has 8 rings (SSSR count). The fraction of sp³-hybridized carbons (Fsp3) is 0.432. The van der Waals surface area contributed by atoms with Crippen LogP contribution in [0.5, 0.6) is 0 Å². The van der Waals surface area contributed by atoms with Gasteiger partial charge in [-0.05, 0) is 74.6 Å². The van der Waals surface area contributed by atoms with Crippen molar-refractivity contribution in [2.45, 2.75) is 42.7 Å². The number of carbonyl (C=O) groups is 4. The summed E-state index contributed by atoms with van der Waals surface area (Å²) < 4.78 is 0. The Morgan fingerprint density at radius 2 is 1.47 bits per heavy atom. The van der Waals surface area contributed by atoms with Crippen LogP contribution in [0.3, 0.4) is 0 Å². The number of nitrogens with zero attached hydrogens (tertiary/aromatic N) is 6. The normalized spacial score (nSPS) is 26.3. The van der Waals surface area contributed by atoms with E-state index < -0.39 is 29.5 Å². The van der Waals surface area contributed by atoms with E-state index in [2.05, 4.69) is 39.5 Å². The van der Waals surface area contributed by atoms with Crippen molar-refractivity contribution in [3.8, 4) is 0 Å². The zero-order valence-corrected chi connectivity index (χ0v) is 27.6. The highest BCUT2D eigenvalue weighted by Crippen LogP contribution is 2.40. The van der Waals surface area contributed by atoms with Gasteiger partial charge in [-0.2, -0.15) is 0 Å². The van der Waals surface area contributed by atoms with E-state index in [0.29, 0.717) is 70.8 Å². The third-order valence-electron chi connectivity index (χ3n) is 11.1. The lowest BCUT2D eigenvalue weighted by Crippen LogP contribution is -2.74. The van der Waals surface area contributed by atoms with Gasteiger partial charge < -0.3 is 14.9 Å². The van der Waals surface area contributed by atoms with Gasteiger partial charge in [-0.3, -0.25) is 24.8 Å². The van der Waals surface area contributed by atoms with Crippen LogP contribution in [0.1, 0.15) is 47.2 Å². The second-order valence-electron chi connectivity index (χ2n) is 13.7. The number of aromatic nitrogens is 1. The first-order chi connectivity index (χ1) is 23.8. The highest BCUT2D eigenvalue weighted by Gasteiger charge is 2.49. The Bertz CT molecular complexity index is 1660. The van der Waals surface area contributed by atoms with Gasteiger partial charge in [0.15, 0.2) is 0 Å². The third kappa shape index (κ3) is 6.31. The molecule has 0 aliphatic carbocycles. The van der Waals surface area contributed by atoms with E-state index in [4.69, 9.17) is 0 Å². The molecule has 2 unspecified atom stereocenters. The van der Waals surface area contributed by atoms with E-state index in [-0.39, 0.29) is 11.3 Å². The molecule has 1 aromatic heterocycles. The number of fused-ring (bicyclic) bond motifs is 3. The van der Waals surface area contributed by atoms with E-state index >= 15 is 0 Å². The van der Waals surface area contributed by atoms with Gasteiger partial charge in [0.05, 0.1) is 5.41 Å². The fourth-order valence-corrected chi connectivity index (χ4v) is 8.26. The Labute approximate surface area is 286 Å². The Morgan fingerprint density at radius 1 is 0.796 bits per heavy atom. The number of amides is 4. The molecule has 0 saturated carbocycles. The molecule has 5 fully saturated rings.